The summed E-state index contributed by atoms with van der Waals surface area (Å²) in [5, 5.41) is 29.4. The van der Waals surface area contributed by atoms with Crippen molar-refractivity contribution in [2.75, 3.05) is 0 Å². The summed E-state index contributed by atoms with van der Waals surface area (Å²) in [6, 6.07) is 5.77. The van der Waals surface area contributed by atoms with Crippen LogP contribution in [0.25, 0.3) is 11.5 Å². The first-order valence-corrected chi connectivity index (χ1v) is 10.3. The van der Waals surface area contributed by atoms with Crippen LogP contribution in [-0.2, 0) is 16.1 Å². The summed E-state index contributed by atoms with van der Waals surface area (Å²) in [5.74, 6) is 1.10. The van der Waals surface area contributed by atoms with E-state index < -0.39 is 10.5 Å². The number of carbonyl (C=O) groups excluding carboxylic acids is 1. The third kappa shape index (κ3) is 3.58. The largest absolute Gasteiger partial charge is 0.456 e. The van der Waals surface area contributed by atoms with Gasteiger partial charge in [0.15, 0.2) is 6.61 Å². The van der Waals surface area contributed by atoms with Gasteiger partial charge in [0.1, 0.15) is 0 Å². The quantitative estimate of drug-likeness (QED) is 0.433. The number of hydrogen-bond acceptors (Lipinski definition) is 8. The minimum atomic E-state index is -0.601. The van der Waals surface area contributed by atoms with Crippen molar-refractivity contribution in [1.82, 2.24) is 10.2 Å². The molecule has 4 atom stereocenters. The molecule has 0 radical (unpaired) electrons. The van der Waals surface area contributed by atoms with Gasteiger partial charge in [-0.1, -0.05) is 0 Å². The molecule has 4 fully saturated rings. The molecule has 0 aliphatic heterocycles. The topological polar surface area (TPSA) is 129 Å². The number of aromatic nitrogens is 2. The normalized spacial score (nSPS) is 31.6. The number of rotatable bonds is 6. The minimum absolute atomic E-state index is 0.0262. The Balaban J connectivity index is 1.19. The Morgan fingerprint density at radius 1 is 1.20 bits per heavy atom. The van der Waals surface area contributed by atoms with Crippen LogP contribution in [0, 0.1) is 27.4 Å². The van der Waals surface area contributed by atoms with Crippen molar-refractivity contribution in [1.29, 1.82) is 0 Å². The molecule has 1 N–H and O–H groups in total. The molecule has 0 spiro atoms. The number of non-ortho nitro benzene ring substituents is 1. The molecule has 1 heterocycles. The Bertz CT molecular complexity index is 971. The van der Waals surface area contributed by atoms with Crippen LogP contribution in [-0.4, -0.2) is 31.8 Å². The Hall–Kier alpha value is -2.81. The second-order valence-electron chi connectivity index (χ2n) is 9.33. The molecule has 2 aromatic rings. The lowest BCUT2D eigenvalue weighted by atomic mass is 9.47. The second-order valence-corrected chi connectivity index (χ2v) is 9.33. The molecule has 30 heavy (non-hydrogen) atoms. The molecule has 158 valence electrons. The first-order valence-electron chi connectivity index (χ1n) is 10.3. The molecule has 0 saturated heterocycles. The Labute approximate surface area is 172 Å². The van der Waals surface area contributed by atoms with Gasteiger partial charge in [-0.25, -0.2) is 0 Å². The zero-order valence-electron chi connectivity index (χ0n) is 16.5. The Morgan fingerprint density at radius 2 is 1.90 bits per heavy atom. The van der Waals surface area contributed by atoms with E-state index >= 15 is 0 Å². The number of nitrogens with zero attached hydrogens (tertiary/aromatic N) is 3. The number of ether oxygens (including phenoxy) is 1. The fourth-order valence-electron chi connectivity index (χ4n) is 6.26. The van der Waals surface area contributed by atoms with Crippen LogP contribution >= 0.6 is 0 Å². The molecular formula is C21H23N3O6. The van der Waals surface area contributed by atoms with Gasteiger partial charge in [0.05, 0.1) is 16.9 Å². The molecule has 1 aromatic carbocycles. The van der Waals surface area contributed by atoms with Crippen LogP contribution in [0.4, 0.5) is 5.69 Å². The van der Waals surface area contributed by atoms with Crippen molar-refractivity contribution < 1.29 is 24.0 Å². The molecule has 4 aliphatic rings. The van der Waals surface area contributed by atoms with Gasteiger partial charge in [-0.3, -0.25) is 14.9 Å². The lowest BCUT2D eigenvalue weighted by Gasteiger charge is -2.60. The smallest absolute Gasteiger partial charge is 0.306 e. The van der Waals surface area contributed by atoms with E-state index in [1.165, 1.54) is 30.7 Å². The summed E-state index contributed by atoms with van der Waals surface area (Å²) in [7, 11) is 0. The van der Waals surface area contributed by atoms with Crippen LogP contribution in [0.3, 0.4) is 0 Å². The lowest BCUT2D eigenvalue weighted by Crippen LogP contribution is -2.56. The van der Waals surface area contributed by atoms with Crippen molar-refractivity contribution in [3.8, 4) is 11.5 Å². The van der Waals surface area contributed by atoms with Crippen LogP contribution in [0.5, 0.6) is 0 Å². The highest BCUT2D eigenvalue weighted by Crippen LogP contribution is 2.62. The van der Waals surface area contributed by atoms with Gasteiger partial charge < -0.3 is 14.3 Å². The van der Waals surface area contributed by atoms with E-state index in [0.29, 0.717) is 30.2 Å². The molecule has 2 unspecified atom stereocenters. The fourth-order valence-corrected chi connectivity index (χ4v) is 6.26. The van der Waals surface area contributed by atoms with E-state index in [4.69, 9.17) is 9.15 Å². The number of benzene rings is 1. The maximum atomic E-state index is 12.5. The second kappa shape index (κ2) is 6.87. The molecule has 9 nitrogen and oxygen atoms in total. The van der Waals surface area contributed by atoms with Crippen molar-refractivity contribution >= 4 is 11.7 Å². The average molecular weight is 413 g/mol. The van der Waals surface area contributed by atoms with Gasteiger partial charge in [0.25, 0.3) is 11.6 Å². The summed E-state index contributed by atoms with van der Waals surface area (Å²) in [6.45, 7) is -0.119. The SMILES string of the molecule is O=C(CC12C[C@@H]3C[C@@H](CC(O)(C3)C1)C2)OCc1nnc(-c2ccc([N+](=O)[O-])cc2)o1. The van der Waals surface area contributed by atoms with Crippen molar-refractivity contribution in [2.24, 2.45) is 17.3 Å². The predicted molar refractivity (Wildman–Crippen MR) is 103 cm³/mol. The molecular weight excluding hydrogens is 390 g/mol. The maximum absolute atomic E-state index is 12.5. The third-order valence-corrected chi connectivity index (χ3v) is 6.82. The monoisotopic (exact) mass is 413 g/mol. The van der Waals surface area contributed by atoms with Gasteiger partial charge in [0, 0.05) is 17.7 Å². The third-order valence-electron chi connectivity index (χ3n) is 6.82. The number of carbonyl (C=O) groups is 1. The molecule has 0 amide bonds. The number of nitro groups is 1. The summed E-state index contributed by atoms with van der Waals surface area (Å²) < 4.78 is 10.9. The lowest BCUT2D eigenvalue weighted by molar-refractivity contribution is -0.384. The first kappa shape index (κ1) is 19.2. The van der Waals surface area contributed by atoms with Crippen LogP contribution in [0.1, 0.15) is 50.8 Å². The predicted octanol–water partition coefficient (Wildman–Crippen LogP) is 3.41. The van der Waals surface area contributed by atoms with E-state index in [1.54, 1.807) is 0 Å². The average Bonchev–Trinajstić information content (AvgIpc) is 3.13. The molecule has 9 heteroatoms. The number of esters is 1. The summed E-state index contributed by atoms with van der Waals surface area (Å²) in [4.78, 5) is 22.8. The van der Waals surface area contributed by atoms with Gasteiger partial charge in [0.2, 0.25) is 5.89 Å². The van der Waals surface area contributed by atoms with Crippen molar-refractivity contribution in [2.45, 2.75) is 57.2 Å². The van der Waals surface area contributed by atoms with E-state index in [2.05, 4.69) is 10.2 Å². The molecule has 6 rings (SSSR count). The summed E-state index contributed by atoms with van der Waals surface area (Å²) >= 11 is 0. The van der Waals surface area contributed by atoms with Crippen LogP contribution < -0.4 is 0 Å². The standard InChI is InChI=1S/C21H23N3O6/c25-18(10-20-6-13-5-14(7-20)9-21(26,8-13)12-20)29-11-17-22-23-19(30-17)15-1-3-16(4-2-15)24(27)28/h1-4,13-14,26H,5-12H2/t13-,14+,20?,21?. The number of hydrogen-bond donors (Lipinski definition) is 1. The van der Waals surface area contributed by atoms with E-state index in [1.807, 2.05) is 0 Å². The molecule has 4 bridgehead atoms. The van der Waals surface area contributed by atoms with E-state index in [0.717, 1.165) is 25.7 Å². The van der Waals surface area contributed by atoms with Crippen molar-refractivity contribution in [3.05, 3.63) is 40.3 Å². The van der Waals surface area contributed by atoms with Gasteiger partial charge >= 0.3 is 5.97 Å². The van der Waals surface area contributed by atoms with Gasteiger partial charge in [-0.2, -0.15) is 0 Å². The molecule has 4 saturated carbocycles. The van der Waals surface area contributed by atoms with Crippen LogP contribution in [0.15, 0.2) is 28.7 Å². The minimum Gasteiger partial charge on any atom is -0.456 e. The maximum Gasteiger partial charge on any atom is 0.306 e. The summed E-state index contributed by atoms with van der Waals surface area (Å²) in [5.41, 5.74) is -0.222. The van der Waals surface area contributed by atoms with Gasteiger partial charge in [-0.15, -0.1) is 10.2 Å². The van der Waals surface area contributed by atoms with E-state index in [-0.39, 0.29) is 35.5 Å². The molecule has 1 aromatic heterocycles. The number of aliphatic hydroxyl groups is 1. The van der Waals surface area contributed by atoms with Crippen LogP contribution in [0.2, 0.25) is 0 Å². The molecule has 4 aliphatic carbocycles. The highest BCUT2D eigenvalue weighted by Gasteiger charge is 2.57. The fraction of sp³-hybridized carbons (Fsp3) is 0.571. The van der Waals surface area contributed by atoms with E-state index in [9.17, 15) is 20.0 Å². The van der Waals surface area contributed by atoms with Crippen molar-refractivity contribution in [3.63, 3.8) is 0 Å². The zero-order chi connectivity index (χ0) is 20.9. The first-order chi connectivity index (χ1) is 14.3. The zero-order valence-corrected chi connectivity index (χ0v) is 16.5. The Morgan fingerprint density at radius 3 is 2.53 bits per heavy atom. The Kier molecular flexibility index (Phi) is 4.39. The van der Waals surface area contributed by atoms with Gasteiger partial charge in [-0.05, 0) is 67.9 Å². The highest BCUT2D eigenvalue weighted by atomic mass is 16.6. The number of nitro benzene ring substituents is 1. The summed E-state index contributed by atoms with van der Waals surface area (Å²) in [6.07, 6.45) is 5.89. The highest BCUT2D eigenvalue weighted by molar-refractivity contribution is 5.70.